The molecule has 0 aliphatic carbocycles. The molecule has 0 atom stereocenters. The van der Waals surface area contributed by atoms with E-state index in [0.29, 0.717) is 0 Å². The number of benzene rings is 7. The second-order valence-electron chi connectivity index (χ2n) is 11.4. The molecule has 0 fully saturated rings. The molecule has 2 heterocycles. The first-order chi connectivity index (χ1) is 22.3. The monoisotopic (exact) mass is 592 g/mol. The van der Waals surface area contributed by atoms with Crippen molar-refractivity contribution >= 4 is 70.4 Å². The van der Waals surface area contributed by atoms with Gasteiger partial charge in [-0.3, -0.25) is 0 Å². The zero-order valence-corrected chi connectivity index (χ0v) is 25.3. The molecule has 0 unspecified atom stereocenters. The third-order valence-electron chi connectivity index (χ3n) is 8.77. The van der Waals surface area contributed by atoms with Gasteiger partial charge in [-0.1, -0.05) is 103 Å². The van der Waals surface area contributed by atoms with E-state index in [0.717, 1.165) is 22.7 Å². The lowest BCUT2D eigenvalue weighted by Gasteiger charge is -2.26. The van der Waals surface area contributed by atoms with Crippen molar-refractivity contribution < 1.29 is 0 Å². The fourth-order valence-electron chi connectivity index (χ4n) is 6.74. The van der Waals surface area contributed by atoms with Crippen LogP contribution in [0.25, 0.3) is 58.8 Å². The highest BCUT2D eigenvalue weighted by Gasteiger charge is 2.18. The fraction of sp³-hybridized carbons (Fsp3) is 0. The maximum atomic E-state index is 2.42. The zero-order valence-electron chi connectivity index (χ0n) is 24.5. The van der Waals surface area contributed by atoms with Crippen molar-refractivity contribution in [3.05, 3.63) is 170 Å². The predicted molar refractivity (Wildman–Crippen MR) is 194 cm³/mol. The zero-order chi connectivity index (χ0) is 29.7. The number of anilines is 3. The number of hydrogen-bond donors (Lipinski definition) is 0. The van der Waals surface area contributed by atoms with E-state index in [1.807, 2.05) is 11.3 Å². The van der Waals surface area contributed by atoms with Crippen molar-refractivity contribution in [3.8, 4) is 16.8 Å². The van der Waals surface area contributed by atoms with Crippen molar-refractivity contribution in [2.24, 2.45) is 0 Å². The number of aromatic nitrogens is 1. The Morgan fingerprint density at radius 3 is 1.82 bits per heavy atom. The first-order valence-corrected chi connectivity index (χ1v) is 16.1. The molecule has 45 heavy (non-hydrogen) atoms. The van der Waals surface area contributed by atoms with Gasteiger partial charge in [-0.25, -0.2) is 0 Å². The number of hydrogen-bond acceptors (Lipinski definition) is 2. The van der Waals surface area contributed by atoms with E-state index in [4.69, 9.17) is 0 Å². The lowest BCUT2D eigenvalue weighted by atomic mass is 10.0. The molecule has 2 aromatic heterocycles. The molecule has 0 radical (unpaired) electrons. The highest BCUT2D eigenvalue weighted by Crippen LogP contribution is 2.43. The second-order valence-corrected chi connectivity index (χ2v) is 12.4. The maximum absolute atomic E-state index is 2.42. The summed E-state index contributed by atoms with van der Waals surface area (Å²) in [5, 5.41) is 5.30. The lowest BCUT2D eigenvalue weighted by molar-refractivity contribution is 1.18. The number of rotatable bonds is 5. The molecule has 0 saturated heterocycles. The molecule has 0 aliphatic rings. The van der Waals surface area contributed by atoms with Crippen LogP contribution < -0.4 is 4.90 Å². The third kappa shape index (κ3) is 4.24. The van der Waals surface area contributed by atoms with Crippen LogP contribution in [0.15, 0.2) is 170 Å². The molecule has 7 aromatic carbocycles. The predicted octanol–water partition coefficient (Wildman–Crippen LogP) is 12.3. The minimum atomic E-state index is 1.13. The summed E-state index contributed by atoms with van der Waals surface area (Å²) in [7, 11) is 0. The lowest BCUT2D eigenvalue weighted by Crippen LogP contribution is -2.09. The second kappa shape index (κ2) is 10.5. The van der Waals surface area contributed by atoms with Crippen molar-refractivity contribution in [3.63, 3.8) is 0 Å². The molecular weight excluding hydrogens is 565 g/mol. The van der Waals surface area contributed by atoms with Crippen molar-refractivity contribution in [2.45, 2.75) is 0 Å². The Morgan fingerprint density at radius 1 is 0.422 bits per heavy atom. The van der Waals surface area contributed by atoms with Crippen LogP contribution in [-0.2, 0) is 0 Å². The molecule has 0 aliphatic heterocycles. The summed E-state index contributed by atoms with van der Waals surface area (Å²) in [6, 6.07) is 61.1. The van der Waals surface area contributed by atoms with Gasteiger partial charge in [-0.15, -0.1) is 11.3 Å². The number of para-hydroxylation sites is 3. The van der Waals surface area contributed by atoms with Crippen molar-refractivity contribution in [2.75, 3.05) is 4.90 Å². The van der Waals surface area contributed by atoms with Crippen LogP contribution in [0, 0.1) is 0 Å². The molecule has 0 amide bonds. The van der Waals surface area contributed by atoms with E-state index in [2.05, 4.69) is 179 Å². The van der Waals surface area contributed by atoms with Crippen molar-refractivity contribution in [1.82, 2.24) is 4.57 Å². The van der Waals surface area contributed by atoms with Gasteiger partial charge in [0, 0.05) is 53.7 Å². The first kappa shape index (κ1) is 25.8. The minimum absolute atomic E-state index is 1.13. The average molecular weight is 593 g/mol. The molecule has 0 bridgehead atoms. The molecule has 3 heteroatoms. The van der Waals surface area contributed by atoms with Gasteiger partial charge in [0.15, 0.2) is 0 Å². The topological polar surface area (TPSA) is 8.17 Å². The van der Waals surface area contributed by atoms with Gasteiger partial charge < -0.3 is 9.47 Å². The summed E-state index contributed by atoms with van der Waals surface area (Å²) < 4.78 is 5.11. The van der Waals surface area contributed by atoms with E-state index < -0.39 is 0 Å². The molecule has 9 aromatic rings. The van der Waals surface area contributed by atoms with Crippen LogP contribution in [0.3, 0.4) is 0 Å². The summed E-state index contributed by atoms with van der Waals surface area (Å²) in [6.45, 7) is 0. The summed E-state index contributed by atoms with van der Waals surface area (Å²) in [5.74, 6) is 0. The SMILES string of the molecule is c1ccc(N(c2ccccc2)c2cccc(-c3ccc(-n4c5ccccc5c5c6sc7ccccc7c6ccc54)cc3)c2)cc1. The quantitative estimate of drug-likeness (QED) is 0.193. The Kier molecular flexibility index (Phi) is 6.03. The van der Waals surface area contributed by atoms with E-state index in [1.165, 1.54) is 53.1 Å². The molecular formula is C42H28N2S. The Labute approximate surface area is 265 Å². The third-order valence-corrected chi connectivity index (χ3v) is 9.98. The number of nitrogens with zero attached hydrogens (tertiary/aromatic N) is 2. The fourth-order valence-corrected chi connectivity index (χ4v) is 8.00. The highest BCUT2D eigenvalue weighted by molar-refractivity contribution is 7.26. The van der Waals surface area contributed by atoms with Crippen LogP contribution in [-0.4, -0.2) is 4.57 Å². The van der Waals surface area contributed by atoms with Gasteiger partial charge in [-0.2, -0.15) is 0 Å². The minimum Gasteiger partial charge on any atom is -0.310 e. The number of thiophene rings is 1. The van der Waals surface area contributed by atoms with Gasteiger partial charge in [0.2, 0.25) is 0 Å². The van der Waals surface area contributed by atoms with Crippen LogP contribution in [0.1, 0.15) is 0 Å². The van der Waals surface area contributed by atoms with E-state index >= 15 is 0 Å². The number of fused-ring (bicyclic) bond motifs is 7. The molecule has 212 valence electrons. The Morgan fingerprint density at radius 2 is 1.07 bits per heavy atom. The summed E-state index contributed by atoms with van der Waals surface area (Å²) in [4.78, 5) is 2.31. The summed E-state index contributed by atoms with van der Waals surface area (Å²) in [5.41, 5.74) is 9.41. The standard InChI is InChI=1S/C42H28N2S/c1-3-13-31(14-4-1)43(32-15-5-2-6-16-32)34-17-11-12-30(28-34)29-22-24-33(25-23-29)44-38-20-9-7-19-37(38)41-39(44)27-26-36-35-18-8-10-21-40(35)45-42(36)41/h1-28H. The molecule has 9 rings (SSSR count). The molecule has 0 N–H and O–H groups in total. The Hall–Kier alpha value is -5.64. The first-order valence-electron chi connectivity index (χ1n) is 15.3. The summed E-state index contributed by atoms with van der Waals surface area (Å²) >= 11 is 1.90. The molecule has 0 spiro atoms. The Bertz CT molecular complexity index is 2430. The van der Waals surface area contributed by atoms with Gasteiger partial charge >= 0.3 is 0 Å². The Balaban J connectivity index is 1.16. The van der Waals surface area contributed by atoms with E-state index in [1.54, 1.807) is 0 Å². The normalized spacial score (nSPS) is 11.6. The molecule has 2 nitrogen and oxygen atoms in total. The van der Waals surface area contributed by atoms with Gasteiger partial charge in [0.1, 0.15) is 0 Å². The van der Waals surface area contributed by atoms with Crippen LogP contribution in [0.2, 0.25) is 0 Å². The van der Waals surface area contributed by atoms with Crippen LogP contribution in [0.4, 0.5) is 17.1 Å². The van der Waals surface area contributed by atoms with Gasteiger partial charge in [0.05, 0.1) is 11.0 Å². The highest BCUT2D eigenvalue weighted by atomic mass is 32.1. The van der Waals surface area contributed by atoms with Crippen molar-refractivity contribution in [1.29, 1.82) is 0 Å². The van der Waals surface area contributed by atoms with Crippen LogP contribution in [0.5, 0.6) is 0 Å². The average Bonchev–Trinajstić information content (AvgIpc) is 3.65. The molecule has 0 saturated carbocycles. The largest absolute Gasteiger partial charge is 0.310 e. The maximum Gasteiger partial charge on any atom is 0.0555 e. The van der Waals surface area contributed by atoms with E-state index in [9.17, 15) is 0 Å². The van der Waals surface area contributed by atoms with E-state index in [-0.39, 0.29) is 0 Å². The smallest absolute Gasteiger partial charge is 0.0555 e. The van der Waals surface area contributed by atoms with Gasteiger partial charge in [0.25, 0.3) is 0 Å². The summed E-state index contributed by atoms with van der Waals surface area (Å²) in [6.07, 6.45) is 0. The van der Waals surface area contributed by atoms with Crippen LogP contribution >= 0.6 is 11.3 Å². The van der Waals surface area contributed by atoms with Gasteiger partial charge in [-0.05, 0) is 77.9 Å².